The molecular weight excluding hydrogens is 264 g/mol. The molecule has 0 aliphatic carbocycles. The van der Waals surface area contributed by atoms with Gasteiger partial charge in [0.25, 0.3) is 0 Å². The molecule has 0 fully saturated rings. The minimum atomic E-state index is -0.564. The summed E-state index contributed by atoms with van der Waals surface area (Å²) in [6.45, 7) is 2.84. The van der Waals surface area contributed by atoms with Gasteiger partial charge in [-0.2, -0.15) is 0 Å². The van der Waals surface area contributed by atoms with Crippen LogP contribution in [0.15, 0.2) is 6.33 Å². The van der Waals surface area contributed by atoms with Crippen molar-refractivity contribution in [3.8, 4) is 0 Å². The summed E-state index contributed by atoms with van der Waals surface area (Å²) in [6.07, 6.45) is 2.30. The largest absolute Gasteiger partial charge is 0.367 e. The van der Waals surface area contributed by atoms with Gasteiger partial charge in [-0.25, -0.2) is 9.97 Å². The Morgan fingerprint density at radius 1 is 1.35 bits per heavy atom. The maximum atomic E-state index is 11.4. The molecule has 0 atom stereocenters. The molecule has 3 N–H and O–H groups in total. The normalized spacial score (nSPS) is 9.90. The molecule has 110 valence electrons. The first-order chi connectivity index (χ1) is 9.60. The van der Waals surface area contributed by atoms with Crippen LogP contribution >= 0.6 is 0 Å². The second-order valence-corrected chi connectivity index (χ2v) is 3.95. The molecule has 9 heteroatoms. The molecule has 1 aromatic rings. The van der Waals surface area contributed by atoms with Gasteiger partial charge in [-0.15, -0.1) is 0 Å². The third-order valence-corrected chi connectivity index (χ3v) is 2.46. The Morgan fingerprint density at radius 3 is 2.65 bits per heavy atom. The number of aromatic nitrogens is 2. The van der Waals surface area contributed by atoms with Crippen molar-refractivity contribution >= 4 is 23.2 Å². The molecule has 0 bridgehead atoms. The Hall–Kier alpha value is -2.45. The highest BCUT2D eigenvalue weighted by Crippen LogP contribution is 2.28. The van der Waals surface area contributed by atoms with E-state index >= 15 is 0 Å². The zero-order valence-corrected chi connectivity index (χ0v) is 11.5. The summed E-state index contributed by atoms with van der Waals surface area (Å²) in [5.41, 5.74) is -0.232. The van der Waals surface area contributed by atoms with E-state index in [0.29, 0.717) is 6.54 Å². The number of hydrogen-bond donors (Lipinski definition) is 3. The van der Waals surface area contributed by atoms with E-state index in [9.17, 15) is 14.9 Å². The zero-order valence-electron chi connectivity index (χ0n) is 11.5. The third-order valence-electron chi connectivity index (χ3n) is 2.46. The van der Waals surface area contributed by atoms with Gasteiger partial charge >= 0.3 is 5.69 Å². The zero-order chi connectivity index (χ0) is 15.0. The Bertz CT molecular complexity index is 479. The van der Waals surface area contributed by atoms with E-state index in [1.54, 1.807) is 0 Å². The fourth-order valence-corrected chi connectivity index (χ4v) is 1.51. The van der Waals surface area contributed by atoms with Gasteiger partial charge in [-0.3, -0.25) is 14.9 Å². The first-order valence-electron chi connectivity index (χ1n) is 6.27. The van der Waals surface area contributed by atoms with E-state index in [0.717, 1.165) is 6.42 Å². The predicted octanol–water partition coefficient (Wildman–Crippen LogP) is 0.755. The van der Waals surface area contributed by atoms with Crippen LogP contribution in [0.3, 0.4) is 0 Å². The predicted molar refractivity (Wildman–Crippen MR) is 74.6 cm³/mol. The van der Waals surface area contributed by atoms with Crippen LogP contribution in [0.4, 0.5) is 17.3 Å². The molecule has 0 saturated carbocycles. The highest BCUT2D eigenvalue weighted by atomic mass is 16.6. The summed E-state index contributed by atoms with van der Waals surface area (Å²) in [7, 11) is 1.54. The molecule has 0 radical (unpaired) electrons. The molecule has 0 aromatic carbocycles. The first-order valence-corrected chi connectivity index (χ1v) is 6.27. The summed E-state index contributed by atoms with van der Waals surface area (Å²) < 4.78 is 0. The quantitative estimate of drug-likeness (QED) is 0.475. The SMILES string of the molecule is CCCNC(=O)CCNc1ncnc(NC)c1[N+](=O)[O-]. The Morgan fingerprint density at radius 2 is 2.05 bits per heavy atom. The number of carbonyl (C=O) groups is 1. The minimum absolute atomic E-state index is 0.0950. The molecule has 1 amide bonds. The van der Waals surface area contributed by atoms with Gasteiger partial charge in [-0.1, -0.05) is 6.92 Å². The fourth-order valence-electron chi connectivity index (χ4n) is 1.51. The van der Waals surface area contributed by atoms with Gasteiger partial charge in [0.1, 0.15) is 6.33 Å². The van der Waals surface area contributed by atoms with Crippen molar-refractivity contribution in [2.75, 3.05) is 30.8 Å². The van der Waals surface area contributed by atoms with Crippen LogP contribution in [-0.4, -0.2) is 40.9 Å². The van der Waals surface area contributed by atoms with E-state index in [1.165, 1.54) is 13.4 Å². The van der Waals surface area contributed by atoms with Crippen LogP contribution in [-0.2, 0) is 4.79 Å². The molecule has 0 aliphatic heterocycles. The molecule has 1 heterocycles. The molecule has 0 spiro atoms. The lowest BCUT2D eigenvalue weighted by molar-refractivity contribution is -0.383. The maximum Gasteiger partial charge on any atom is 0.353 e. The lowest BCUT2D eigenvalue weighted by atomic mass is 10.3. The average molecular weight is 282 g/mol. The van der Waals surface area contributed by atoms with E-state index < -0.39 is 4.92 Å². The van der Waals surface area contributed by atoms with Gasteiger partial charge in [0.05, 0.1) is 4.92 Å². The Balaban J connectivity index is 2.64. The summed E-state index contributed by atoms with van der Waals surface area (Å²) >= 11 is 0. The lowest BCUT2D eigenvalue weighted by Crippen LogP contribution is -2.26. The number of nitro groups is 1. The van der Waals surface area contributed by atoms with Crippen LogP contribution in [0.2, 0.25) is 0 Å². The molecule has 20 heavy (non-hydrogen) atoms. The van der Waals surface area contributed by atoms with Crippen molar-refractivity contribution < 1.29 is 9.72 Å². The summed E-state index contributed by atoms with van der Waals surface area (Å²) in [6, 6.07) is 0. The van der Waals surface area contributed by atoms with E-state index in [1.807, 2.05) is 6.92 Å². The highest BCUT2D eigenvalue weighted by Gasteiger charge is 2.21. The highest BCUT2D eigenvalue weighted by molar-refractivity contribution is 5.76. The molecule has 9 nitrogen and oxygen atoms in total. The van der Waals surface area contributed by atoms with E-state index in [-0.39, 0.29) is 36.2 Å². The number of nitrogens with zero attached hydrogens (tertiary/aromatic N) is 3. The molecular formula is C11H18N6O3. The van der Waals surface area contributed by atoms with Crippen molar-refractivity contribution in [1.82, 2.24) is 15.3 Å². The van der Waals surface area contributed by atoms with Crippen LogP contribution in [0.25, 0.3) is 0 Å². The van der Waals surface area contributed by atoms with Gasteiger partial charge in [-0.05, 0) is 6.42 Å². The minimum Gasteiger partial charge on any atom is -0.367 e. The van der Waals surface area contributed by atoms with Crippen LogP contribution < -0.4 is 16.0 Å². The maximum absolute atomic E-state index is 11.4. The Labute approximate surface area is 116 Å². The summed E-state index contributed by atoms with van der Waals surface area (Å²) in [5, 5.41) is 19.1. The van der Waals surface area contributed by atoms with Gasteiger partial charge in [0.15, 0.2) is 0 Å². The van der Waals surface area contributed by atoms with Crippen molar-refractivity contribution in [1.29, 1.82) is 0 Å². The standard InChI is InChI=1S/C11H18N6O3/c1-3-5-13-8(18)4-6-14-11-9(17(19)20)10(12-2)15-7-16-11/h7H,3-6H2,1-2H3,(H,13,18)(H2,12,14,15,16). The van der Waals surface area contributed by atoms with Gasteiger partial charge in [0.2, 0.25) is 17.5 Å². The average Bonchev–Trinajstić information content (AvgIpc) is 2.44. The van der Waals surface area contributed by atoms with Crippen LogP contribution in [0.5, 0.6) is 0 Å². The van der Waals surface area contributed by atoms with Gasteiger partial charge < -0.3 is 16.0 Å². The fraction of sp³-hybridized carbons (Fsp3) is 0.545. The van der Waals surface area contributed by atoms with Crippen molar-refractivity contribution in [3.63, 3.8) is 0 Å². The summed E-state index contributed by atoms with van der Waals surface area (Å²) in [4.78, 5) is 29.5. The number of amides is 1. The molecule has 0 saturated heterocycles. The van der Waals surface area contributed by atoms with Crippen molar-refractivity contribution in [2.24, 2.45) is 0 Å². The van der Waals surface area contributed by atoms with Crippen LogP contribution in [0, 0.1) is 10.1 Å². The topological polar surface area (TPSA) is 122 Å². The number of hydrogen-bond acceptors (Lipinski definition) is 7. The third kappa shape index (κ3) is 4.34. The second kappa shape index (κ2) is 7.87. The number of carbonyl (C=O) groups excluding carboxylic acids is 1. The first kappa shape index (κ1) is 15.6. The number of rotatable bonds is 8. The lowest BCUT2D eigenvalue weighted by Gasteiger charge is -2.08. The van der Waals surface area contributed by atoms with Gasteiger partial charge in [0, 0.05) is 26.6 Å². The smallest absolute Gasteiger partial charge is 0.353 e. The molecule has 0 unspecified atom stereocenters. The number of nitrogens with one attached hydrogen (secondary N) is 3. The molecule has 1 aromatic heterocycles. The second-order valence-electron chi connectivity index (χ2n) is 3.95. The van der Waals surface area contributed by atoms with E-state index in [2.05, 4.69) is 25.9 Å². The van der Waals surface area contributed by atoms with Crippen LogP contribution in [0.1, 0.15) is 19.8 Å². The van der Waals surface area contributed by atoms with Crippen molar-refractivity contribution in [2.45, 2.75) is 19.8 Å². The van der Waals surface area contributed by atoms with Crippen molar-refractivity contribution in [3.05, 3.63) is 16.4 Å². The Kier molecular flexibility index (Phi) is 6.14. The summed E-state index contributed by atoms with van der Waals surface area (Å²) in [5.74, 6) is 0.116. The van der Waals surface area contributed by atoms with E-state index in [4.69, 9.17) is 0 Å². The number of anilines is 2. The monoisotopic (exact) mass is 282 g/mol. The molecule has 0 aliphatic rings. The molecule has 1 rings (SSSR count).